The lowest BCUT2D eigenvalue weighted by atomic mass is 10.4. The Kier molecular flexibility index (Phi) is 2.87. The Morgan fingerprint density at radius 2 is 2.38 bits per heavy atom. The average molecular weight is 238 g/mol. The Bertz CT molecular complexity index is 510. The number of aromatic nitrogens is 3. The minimum absolute atomic E-state index is 0.142. The molecule has 0 aliphatic carbocycles. The highest BCUT2D eigenvalue weighted by Crippen LogP contribution is 2.15. The normalized spacial score (nSPS) is 10.3. The second-order valence-corrected chi connectivity index (χ2v) is 3.61. The summed E-state index contributed by atoms with van der Waals surface area (Å²) in [6, 6.07) is 3.13. The maximum Gasteiger partial charge on any atom is 0.352 e. The molecule has 0 amide bonds. The third-order valence-electron chi connectivity index (χ3n) is 2.06. The first-order chi connectivity index (χ1) is 7.66. The van der Waals surface area contributed by atoms with Crippen LogP contribution in [0.15, 0.2) is 30.9 Å². The van der Waals surface area contributed by atoms with Crippen LogP contribution < -0.4 is 0 Å². The number of carbonyl (C=O) groups is 1. The topological polar surface area (TPSA) is 68.0 Å². The van der Waals surface area contributed by atoms with E-state index >= 15 is 0 Å². The fourth-order valence-electron chi connectivity index (χ4n) is 1.37. The predicted octanol–water partition coefficient (Wildman–Crippen LogP) is 1.68. The Balaban J connectivity index is 2.31. The van der Waals surface area contributed by atoms with E-state index in [0.29, 0.717) is 11.6 Å². The molecule has 0 radical (unpaired) electrons. The molecule has 2 aromatic heterocycles. The minimum atomic E-state index is -1.01. The number of rotatable bonds is 3. The number of nitrogens with zero attached hydrogens (tertiary/aromatic N) is 3. The summed E-state index contributed by atoms with van der Waals surface area (Å²) in [5.41, 5.74) is 0.869. The zero-order valence-electron chi connectivity index (χ0n) is 8.17. The average Bonchev–Trinajstić information content (AvgIpc) is 2.61. The fraction of sp³-hybridized carbons (Fsp3) is 0.100. The van der Waals surface area contributed by atoms with Crippen molar-refractivity contribution in [2.24, 2.45) is 0 Å². The highest BCUT2D eigenvalue weighted by molar-refractivity contribution is 6.30. The summed E-state index contributed by atoms with van der Waals surface area (Å²) in [5.74, 6) is -1.01. The molecule has 16 heavy (non-hydrogen) atoms. The van der Waals surface area contributed by atoms with Gasteiger partial charge in [-0.05, 0) is 12.1 Å². The standard InChI is InChI=1S/C10H8ClN3O2/c11-7-3-9(10(15)16)14(4-7)5-8-1-2-12-6-13-8/h1-4,6H,5H2,(H,15,16). The van der Waals surface area contributed by atoms with Crippen LogP contribution >= 0.6 is 11.6 Å². The molecule has 0 atom stereocenters. The number of aromatic carboxylic acids is 1. The highest BCUT2D eigenvalue weighted by atomic mass is 35.5. The maximum absolute atomic E-state index is 10.9. The molecule has 2 aromatic rings. The molecule has 0 spiro atoms. The molecular formula is C10H8ClN3O2. The van der Waals surface area contributed by atoms with Gasteiger partial charge in [-0.2, -0.15) is 0 Å². The van der Waals surface area contributed by atoms with Gasteiger partial charge in [-0.3, -0.25) is 0 Å². The van der Waals surface area contributed by atoms with Crippen LogP contribution in [0.25, 0.3) is 0 Å². The van der Waals surface area contributed by atoms with E-state index in [4.69, 9.17) is 16.7 Å². The first-order valence-corrected chi connectivity index (χ1v) is 4.88. The monoisotopic (exact) mass is 237 g/mol. The molecule has 0 bridgehead atoms. The number of carboxylic acid groups (broad SMARTS) is 1. The van der Waals surface area contributed by atoms with Gasteiger partial charge in [0, 0.05) is 12.4 Å². The van der Waals surface area contributed by atoms with Gasteiger partial charge in [-0.1, -0.05) is 11.6 Å². The summed E-state index contributed by atoms with van der Waals surface area (Å²) in [5, 5.41) is 9.34. The van der Waals surface area contributed by atoms with E-state index in [0.717, 1.165) is 5.69 Å². The molecule has 0 aliphatic rings. The van der Waals surface area contributed by atoms with Crippen molar-refractivity contribution < 1.29 is 9.90 Å². The van der Waals surface area contributed by atoms with Gasteiger partial charge in [0.15, 0.2) is 0 Å². The summed E-state index contributed by atoms with van der Waals surface area (Å²) in [4.78, 5) is 18.7. The molecule has 6 heteroatoms. The molecule has 0 saturated heterocycles. The Hall–Kier alpha value is -1.88. The second kappa shape index (κ2) is 4.32. The Labute approximate surface area is 96.3 Å². The van der Waals surface area contributed by atoms with Crippen LogP contribution in [0, 0.1) is 0 Å². The lowest BCUT2D eigenvalue weighted by Gasteiger charge is -2.04. The van der Waals surface area contributed by atoms with Gasteiger partial charge in [0.1, 0.15) is 12.0 Å². The van der Waals surface area contributed by atoms with Crippen LogP contribution in [0.5, 0.6) is 0 Å². The van der Waals surface area contributed by atoms with E-state index in [1.54, 1.807) is 18.5 Å². The van der Waals surface area contributed by atoms with Crippen molar-refractivity contribution in [3.8, 4) is 0 Å². The van der Waals surface area contributed by atoms with E-state index in [1.807, 2.05) is 0 Å². The van der Waals surface area contributed by atoms with Crippen LogP contribution in [0.3, 0.4) is 0 Å². The molecule has 82 valence electrons. The van der Waals surface area contributed by atoms with Crippen molar-refractivity contribution in [3.05, 3.63) is 47.3 Å². The maximum atomic E-state index is 10.9. The van der Waals surface area contributed by atoms with Crippen molar-refractivity contribution in [3.63, 3.8) is 0 Å². The third-order valence-corrected chi connectivity index (χ3v) is 2.26. The molecule has 2 heterocycles. The Morgan fingerprint density at radius 3 is 3.00 bits per heavy atom. The minimum Gasteiger partial charge on any atom is -0.477 e. The van der Waals surface area contributed by atoms with Gasteiger partial charge >= 0.3 is 5.97 Å². The van der Waals surface area contributed by atoms with E-state index in [2.05, 4.69) is 9.97 Å². The van der Waals surface area contributed by atoms with Gasteiger partial charge in [0.25, 0.3) is 0 Å². The van der Waals surface area contributed by atoms with Gasteiger partial charge in [0.2, 0.25) is 0 Å². The zero-order chi connectivity index (χ0) is 11.5. The van der Waals surface area contributed by atoms with E-state index in [1.165, 1.54) is 17.0 Å². The summed E-state index contributed by atoms with van der Waals surface area (Å²) in [6.45, 7) is 0.358. The second-order valence-electron chi connectivity index (χ2n) is 3.18. The van der Waals surface area contributed by atoms with Crippen molar-refractivity contribution in [2.45, 2.75) is 6.54 Å². The largest absolute Gasteiger partial charge is 0.477 e. The van der Waals surface area contributed by atoms with Gasteiger partial charge < -0.3 is 9.67 Å². The third kappa shape index (κ3) is 2.20. The molecule has 2 rings (SSSR count). The van der Waals surface area contributed by atoms with Crippen LogP contribution in [0.2, 0.25) is 5.02 Å². The van der Waals surface area contributed by atoms with Crippen LogP contribution in [-0.4, -0.2) is 25.6 Å². The SMILES string of the molecule is O=C(O)c1cc(Cl)cn1Cc1ccncn1. The molecule has 0 unspecified atom stereocenters. The molecule has 1 N–H and O–H groups in total. The number of carboxylic acids is 1. The van der Waals surface area contributed by atoms with Crippen molar-refractivity contribution in [2.75, 3.05) is 0 Å². The van der Waals surface area contributed by atoms with E-state index in [-0.39, 0.29) is 5.69 Å². The summed E-state index contributed by atoms with van der Waals surface area (Å²) in [7, 11) is 0. The summed E-state index contributed by atoms with van der Waals surface area (Å²) >= 11 is 5.76. The smallest absolute Gasteiger partial charge is 0.352 e. The number of hydrogen-bond donors (Lipinski definition) is 1. The first kappa shape index (κ1) is 10.6. The highest BCUT2D eigenvalue weighted by Gasteiger charge is 2.11. The number of hydrogen-bond acceptors (Lipinski definition) is 3. The first-order valence-electron chi connectivity index (χ1n) is 4.50. The van der Waals surface area contributed by atoms with Gasteiger partial charge in [0.05, 0.1) is 17.3 Å². The van der Waals surface area contributed by atoms with Gasteiger partial charge in [-0.15, -0.1) is 0 Å². The fourth-order valence-corrected chi connectivity index (χ4v) is 1.59. The van der Waals surface area contributed by atoms with Crippen molar-refractivity contribution in [1.82, 2.24) is 14.5 Å². The summed E-state index contributed by atoms with van der Waals surface area (Å²) in [6.07, 6.45) is 4.59. The lowest BCUT2D eigenvalue weighted by molar-refractivity contribution is 0.0685. The predicted molar refractivity (Wildman–Crippen MR) is 57.5 cm³/mol. The molecular weight excluding hydrogens is 230 g/mol. The summed E-state index contributed by atoms with van der Waals surface area (Å²) < 4.78 is 1.53. The van der Waals surface area contributed by atoms with Crippen LogP contribution in [-0.2, 0) is 6.54 Å². The molecule has 5 nitrogen and oxygen atoms in total. The number of halogens is 1. The van der Waals surface area contributed by atoms with Crippen molar-refractivity contribution in [1.29, 1.82) is 0 Å². The van der Waals surface area contributed by atoms with Gasteiger partial charge in [-0.25, -0.2) is 14.8 Å². The molecule has 0 fully saturated rings. The van der Waals surface area contributed by atoms with Crippen molar-refractivity contribution >= 4 is 17.6 Å². The lowest BCUT2D eigenvalue weighted by Crippen LogP contribution is -2.09. The quantitative estimate of drug-likeness (QED) is 0.882. The van der Waals surface area contributed by atoms with Crippen LogP contribution in [0.1, 0.15) is 16.2 Å². The molecule has 0 aliphatic heterocycles. The molecule has 0 saturated carbocycles. The van der Waals surface area contributed by atoms with E-state index in [9.17, 15) is 4.79 Å². The van der Waals surface area contributed by atoms with E-state index < -0.39 is 5.97 Å². The Morgan fingerprint density at radius 1 is 1.56 bits per heavy atom. The zero-order valence-corrected chi connectivity index (χ0v) is 8.92. The molecule has 0 aromatic carbocycles. The van der Waals surface area contributed by atoms with Crippen LogP contribution in [0.4, 0.5) is 0 Å².